The molecule has 1 aliphatic rings. The molecule has 1 aromatic carbocycles. The number of halogens is 1. The van der Waals surface area contributed by atoms with E-state index in [2.05, 4.69) is 4.74 Å². The third-order valence-corrected chi connectivity index (χ3v) is 5.27. The fourth-order valence-electron chi connectivity index (χ4n) is 2.31. The van der Waals surface area contributed by atoms with Crippen molar-refractivity contribution in [3.63, 3.8) is 0 Å². The number of nitrogens with zero attached hydrogens (tertiary/aromatic N) is 1. The van der Waals surface area contributed by atoms with Crippen LogP contribution in [0.1, 0.15) is 12.8 Å². The number of rotatable bonds is 3. The first-order chi connectivity index (χ1) is 9.46. The van der Waals surface area contributed by atoms with Gasteiger partial charge in [0.2, 0.25) is 10.0 Å². The van der Waals surface area contributed by atoms with Gasteiger partial charge in [0.15, 0.2) is 0 Å². The van der Waals surface area contributed by atoms with E-state index < -0.39 is 27.7 Å². The number of hydrogen-bond acceptors (Lipinski definition) is 4. The lowest BCUT2D eigenvalue weighted by molar-refractivity contribution is -0.146. The lowest BCUT2D eigenvalue weighted by atomic mass is 10.0. The Morgan fingerprint density at radius 3 is 2.75 bits per heavy atom. The number of hydrogen-bond donors (Lipinski definition) is 0. The van der Waals surface area contributed by atoms with Crippen molar-refractivity contribution in [2.75, 3.05) is 20.2 Å². The smallest absolute Gasteiger partial charge is 0.309 e. The maximum atomic E-state index is 13.7. The first kappa shape index (κ1) is 14.9. The Labute approximate surface area is 117 Å². The third-order valence-electron chi connectivity index (χ3n) is 3.37. The minimum Gasteiger partial charge on any atom is -0.469 e. The van der Waals surface area contributed by atoms with Crippen LogP contribution in [0.3, 0.4) is 0 Å². The van der Waals surface area contributed by atoms with Gasteiger partial charge in [0, 0.05) is 13.1 Å². The molecule has 5 nitrogen and oxygen atoms in total. The lowest BCUT2D eigenvalue weighted by Gasteiger charge is -2.30. The summed E-state index contributed by atoms with van der Waals surface area (Å²) in [5.41, 5.74) is 0. The summed E-state index contributed by atoms with van der Waals surface area (Å²) in [4.78, 5) is 11.2. The Morgan fingerprint density at radius 1 is 1.40 bits per heavy atom. The molecule has 1 aliphatic heterocycles. The van der Waals surface area contributed by atoms with E-state index in [0.29, 0.717) is 12.8 Å². The van der Waals surface area contributed by atoms with Crippen molar-refractivity contribution in [1.82, 2.24) is 4.31 Å². The van der Waals surface area contributed by atoms with Gasteiger partial charge in [-0.15, -0.1) is 0 Å². The van der Waals surface area contributed by atoms with E-state index in [1.807, 2.05) is 0 Å². The van der Waals surface area contributed by atoms with Crippen molar-refractivity contribution < 1.29 is 22.3 Å². The first-order valence-corrected chi connectivity index (χ1v) is 7.73. The molecule has 0 unspecified atom stereocenters. The normalized spacial score (nSPS) is 20.6. The van der Waals surface area contributed by atoms with Crippen LogP contribution in [0, 0.1) is 11.7 Å². The number of esters is 1. The maximum absolute atomic E-state index is 13.7. The zero-order chi connectivity index (χ0) is 14.8. The van der Waals surface area contributed by atoms with Gasteiger partial charge in [-0.2, -0.15) is 4.31 Å². The van der Waals surface area contributed by atoms with Gasteiger partial charge in [-0.3, -0.25) is 4.79 Å². The van der Waals surface area contributed by atoms with Crippen LogP contribution >= 0.6 is 0 Å². The van der Waals surface area contributed by atoms with Gasteiger partial charge in [-0.1, -0.05) is 12.1 Å². The number of benzene rings is 1. The average molecular weight is 301 g/mol. The molecule has 1 fully saturated rings. The second-order valence-electron chi connectivity index (χ2n) is 4.66. The Kier molecular flexibility index (Phi) is 4.39. The molecule has 1 heterocycles. The molecule has 0 radical (unpaired) electrons. The Bertz CT molecular complexity index is 602. The molecular weight excluding hydrogens is 285 g/mol. The summed E-state index contributed by atoms with van der Waals surface area (Å²) in [7, 11) is -2.65. The molecule has 1 saturated heterocycles. The van der Waals surface area contributed by atoms with E-state index in [4.69, 9.17) is 0 Å². The minimum absolute atomic E-state index is 0.0311. The van der Waals surface area contributed by atoms with Crippen molar-refractivity contribution in [3.8, 4) is 0 Å². The summed E-state index contributed by atoms with van der Waals surface area (Å²) in [5, 5.41) is 0. The van der Waals surface area contributed by atoms with Crippen LogP contribution < -0.4 is 0 Å². The summed E-state index contributed by atoms with van der Waals surface area (Å²) in [5.74, 6) is -1.71. The number of methoxy groups -OCH3 is 1. The Hall–Kier alpha value is -1.47. The first-order valence-electron chi connectivity index (χ1n) is 6.29. The molecule has 110 valence electrons. The number of sulfonamides is 1. The zero-order valence-corrected chi connectivity index (χ0v) is 11.9. The van der Waals surface area contributed by atoms with Gasteiger partial charge in [0.25, 0.3) is 0 Å². The Morgan fingerprint density at radius 2 is 2.10 bits per heavy atom. The predicted molar refractivity (Wildman–Crippen MR) is 69.9 cm³/mol. The predicted octanol–water partition coefficient (Wildman–Crippen LogP) is 1.40. The SMILES string of the molecule is COC(=O)[C@H]1CCCN(S(=O)(=O)c2ccccc2F)C1. The van der Waals surface area contributed by atoms with Crippen molar-refractivity contribution >= 4 is 16.0 Å². The summed E-state index contributed by atoms with van der Waals surface area (Å²) in [6, 6.07) is 5.24. The topological polar surface area (TPSA) is 63.7 Å². The van der Waals surface area contributed by atoms with E-state index >= 15 is 0 Å². The molecule has 0 N–H and O–H groups in total. The molecule has 0 aromatic heterocycles. The van der Waals surface area contributed by atoms with Crippen LogP contribution in [0.2, 0.25) is 0 Å². The molecule has 7 heteroatoms. The van der Waals surface area contributed by atoms with Gasteiger partial charge in [-0.05, 0) is 25.0 Å². The van der Waals surface area contributed by atoms with Crippen LogP contribution in [0.5, 0.6) is 0 Å². The molecule has 1 aromatic rings. The van der Waals surface area contributed by atoms with E-state index in [9.17, 15) is 17.6 Å². The third kappa shape index (κ3) is 2.83. The van der Waals surface area contributed by atoms with Crippen LogP contribution in [-0.4, -0.2) is 38.9 Å². The fourth-order valence-corrected chi connectivity index (χ4v) is 3.90. The monoisotopic (exact) mass is 301 g/mol. The second kappa shape index (κ2) is 5.88. The molecule has 1 atom stereocenters. The molecule has 0 saturated carbocycles. The van der Waals surface area contributed by atoms with Gasteiger partial charge >= 0.3 is 5.97 Å². The quantitative estimate of drug-likeness (QED) is 0.792. The molecule has 0 spiro atoms. The van der Waals surface area contributed by atoms with E-state index in [1.165, 1.54) is 25.3 Å². The summed E-state index contributed by atoms with van der Waals surface area (Å²) in [6.45, 7) is 0.313. The van der Waals surface area contributed by atoms with Crippen molar-refractivity contribution in [2.24, 2.45) is 5.92 Å². The highest BCUT2D eigenvalue weighted by molar-refractivity contribution is 7.89. The summed E-state index contributed by atoms with van der Waals surface area (Å²) in [6.07, 6.45) is 1.13. The van der Waals surface area contributed by atoms with Gasteiger partial charge in [0.1, 0.15) is 10.7 Å². The highest BCUT2D eigenvalue weighted by Crippen LogP contribution is 2.25. The van der Waals surface area contributed by atoms with Crippen LogP contribution in [0.4, 0.5) is 4.39 Å². The van der Waals surface area contributed by atoms with Crippen LogP contribution in [0.25, 0.3) is 0 Å². The van der Waals surface area contributed by atoms with Crippen LogP contribution in [0.15, 0.2) is 29.2 Å². The van der Waals surface area contributed by atoms with Crippen molar-refractivity contribution in [3.05, 3.63) is 30.1 Å². The van der Waals surface area contributed by atoms with E-state index in [1.54, 1.807) is 0 Å². The van der Waals surface area contributed by atoms with E-state index in [-0.39, 0.29) is 18.0 Å². The largest absolute Gasteiger partial charge is 0.469 e. The number of carbonyl (C=O) groups excluding carboxylic acids is 1. The maximum Gasteiger partial charge on any atom is 0.309 e. The summed E-state index contributed by atoms with van der Waals surface area (Å²) < 4.78 is 44.3. The van der Waals surface area contributed by atoms with Gasteiger partial charge in [0.05, 0.1) is 13.0 Å². The van der Waals surface area contributed by atoms with Crippen molar-refractivity contribution in [2.45, 2.75) is 17.7 Å². The van der Waals surface area contributed by atoms with Gasteiger partial charge in [-0.25, -0.2) is 12.8 Å². The zero-order valence-electron chi connectivity index (χ0n) is 11.1. The number of ether oxygens (including phenoxy) is 1. The molecule has 0 aliphatic carbocycles. The molecule has 2 rings (SSSR count). The number of piperidine rings is 1. The Balaban J connectivity index is 2.26. The lowest BCUT2D eigenvalue weighted by Crippen LogP contribution is -2.42. The fraction of sp³-hybridized carbons (Fsp3) is 0.462. The van der Waals surface area contributed by atoms with Crippen LogP contribution in [-0.2, 0) is 19.6 Å². The average Bonchev–Trinajstić information content (AvgIpc) is 2.47. The second-order valence-corrected chi connectivity index (χ2v) is 6.56. The van der Waals surface area contributed by atoms with Crippen molar-refractivity contribution in [1.29, 1.82) is 0 Å². The molecule has 20 heavy (non-hydrogen) atoms. The van der Waals surface area contributed by atoms with Gasteiger partial charge < -0.3 is 4.74 Å². The summed E-state index contributed by atoms with van der Waals surface area (Å²) >= 11 is 0. The highest BCUT2D eigenvalue weighted by Gasteiger charge is 2.34. The molecule has 0 bridgehead atoms. The van der Waals surface area contributed by atoms with E-state index in [0.717, 1.165) is 10.4 Å². The molecule has 0 amide bonds. The highest BCUT2D eigenvalue weighted by atomic mass is 32.2. The standard InChI is InChI=1S/C13H16FNO4S/c1-19-13(16)10-5-4-8-15(9-10)20(17,18)12-7-3-2-6-11(12)14/h2-3,6-7,10H,4-5,8-9H2,1H3/t10-/m0/s1. The number of carbonyl (C=O) groups is 1. The minimum atomic E-state index is -3.92. The molecular formula is C13H16FNO4S.